The molecular weight excluding hydrogens is 388 g/mol. The van der Waals surface area contributed by atoms with E-state index >= 15 is 0 Å². The summed E-state index contributed by atoms with van der Waals surface area (Å²) in [6.07, 6.45) is 3.49. The van der Waals surface area contributed by atoms with Crippen LogP contribution in [0.2, 0.25) is 18.1 Å². The van der Waals surface area contributed by atoms with Crippen LogP contribution in [-0.2, 0) is 19.1 Å². The van der Waals surface area contributed by atoms with Crippen molar-refractivity contribution in [2.24, 2.45) is 0 Å². The zero-order chi connectivity index (χ0) is 20.7. The van der Waals surface area contributed by atoms with Crippen molar-refractivity contribution < 1.29 is 17.6 Å². The average Bonchev–Trinajstić information content (AvgIpc) is 2.86. The topological polar surface area (TPSA) is 60.4 Å². The maximum atomic E-state index is 13.7. The van der Waals surface area contributed by atoms with Crippen LogP contribution in [0, 0.1) is 0 Å². The predicted molar refractivity (Wildman–Crippen MR) is 114 cm³/mol. The maximum absolute atomic E-state index is 13.7. The number of sulfone groups is 1. The third-order valence-electron chi connectivity index (χ3n) is 6.16. The van der Waals surface area contributed by atoms with Gasteiger partial charge in [-0.3, -0.25) is 4.79 Å². The first-order valence-electron chi connectivity index (χ1n) is 9.88. The minimum Gasteiger partial charge on any atom is -0.409 e. The number of rotatable bonds is 4. The molecule has 0 saturated carbocycles. The summed E-state index contributed by atoms with van der Waals surface area (Å²) in [5.74, 6) is -0.0151. The Morgan fingerprint density at radius 2 is 1.75 bits per heavy atom. The molecular formula is C22H30O4SSi. The maximum Gasteiger partial charge on any atom is 0.205 e. The largest absolute Gasteiger partial charge is 0.409 e. The highest BCUT2D eigenvalue weighted by molar-refractivity contribution is 7.95. The molecule has 0 aliphatic heterocycles. The van der Waals surface area contributed by atoms with Gasteiger partial charge in [-0.25, -0.2) is 8.42 Å². The number of hydrogen-bond acceptors (Lipinski definition) is 4. The fourth-order valence-corrected chi connectivity index (χ4v) is 6.79. The molecule has 0 N–H and O–H groups in total. The minimum atomic E-state index is -3.75. The molecule has 0 aromatic heterocycles. The summed E-state index contributed by atoms with van der Waals surface area (Å²) >= 11 is 0. The summed E-state index contributed by atoms with van der Waals surface area (Å²) in [6.45, 7) is 10.7. The third kappa shape index (κ3) is 3.95. The molecule has 0 heterocycles. The van der Waals surface area contributed by atoms with E-state index in [1.807, 2.05) is 0 Å². The van der Waals surface area contributed by atoms with E-state index in [0.29, 0.717) is 16.9 Å². The Balaban J connectivity index is 2.17. The standard InChI is InChI=1S/C22H30O4SSi/c1-22(2,3)28(4,5)26-20-13-9-10-16-14-17(23)15-19(16)21(20)27(24,25)18-11-7-6-8-12-18/h6-8,11-12,14,20H,9-10,13,15H2,1-5H3. The Bertz CT molecular complexity index is 934. The summed E-state index contributed by atoms with van der Waals surface area (Å²) in [6, 6.07) is 8.51. The molecule has 1 unspecified atom stereocenters. The summed E-state index contributed by atoms with van der Waals surface area (Å²) in [5.41, 5.74) is 1.55. The smallest absolute Gasteiger partial charge is 0.205 e. The average molecular weight is 419 g/mol. The summed E-state index contributed by atoms with van der Waals surface area (Å²) < 4.78 is 34.0. The van der Waals surface area contributed by atoms with Crippen molar-refractivity contribution in [1.82, 2.24) is 0 Å². The Morgan fingerprint density at radius 3 is 2.36 bits per heavy atom. The summed E-state index contributed by atoms with van der Waals surface area (Å²) in [5, 5.41) is -0.0320. The number of fused-ring (bicyclic) bond motifs is 1. The van der Waals surface area contributed by atoms with Crippen LogP contribution in [0.4, 0.5) is 0 Å². The Morgan fingerprint density at radius 1 is 1.11 bits per heavy atom. The lowest BCUT2D eigenvalue weighted by molar-refractivity contribution is -0.113. The molecule has 3 rings (SSSR count). The van der Waals surface area contributed by atoms with Gasteiger partial charge in [0.2, 0.25) is 9.84 Å². The molecule has 0 spiro atoms. The molecule has 4 nitrogen and oxygen atoms in total. The van der Waals surface area contributed by atoms with Crippen LogP contribution >= 0.6 is 0 Å². The molecule has 1 atom stereocenters. The minimum absolute atomic E-state index is 0.0151. The highest BCUT2D eigenvalue weighted by atomic mass is 32.2. The van der Waals surface area contributed by atoms with Crippen molar-refractivity contribution in [1.29, 1.82) is 0 Å². The lowest BCUT2D eigenvalue weighted by Crippen LogP contribution is -2.45. The van der Waals surface area contributed by atoms with E-state index in [1.165, 1.54) is 0 Å². The van der Waals surface area contributed by atoms with E-state index in [9.17, 15) is 13.2 Å². The monoisotopic (exact) mass is 418 g/mol. The fourth-order valence-electron chi connectivity index (χ4n) is 3.60. The van der Waals surface area contributed by atoms with Crippen LogP contribution in [-0.4, -0.2) is 28.6 Å². The number of ketones is 1. The lowest BCUT2D eigenvalue weighted by Gasteiger charge is -2.40. The zero-order valence-corrected chi connectivity index (χ0v) is 19.2. The van der Waals surface area contributed by atoms with Crippen LogP contribution in [0.3, 0.4) is 0 Å². The van der Waals surface area contributed by atoms with Gasteiger partial charge in [-0.05, 0) is 66.7 Å². The van der Waals surface area contributed by atoms with E-state index in [0.717, 1.165) is 18.4 Å². The molecule has 0 saturated heterocycles. The number of allylic oxidation sites excluding steroid dienone is 3. The highest BCUT2D eigenvalue weighted by Gasteiger charge is 2.44. The van der Waals surface area contributed by atoms with E-state index in [4.69, 9.17) is 4.43 Å². The first-order chi connectivity index (χ1) is 12.9. The predicted octanol–water partition coefficient (Wildman–Crippen LogP) is 5.19. The molecule has 1 aromatic carbocycles. The van der Waals surface area contributed by atoms with Gasteiger partial charge >= 0.3 is 0 Å². The quantitative estimate of drug-likeness (QED) is 0.632. The van der Waals surface area contributed by atoms with Crippen LogP contribution in [0.5, 0.6) is 0 Å². The van der Waals surface area contributed by atoms with Gasteiger partial charge in [-0.1, -0.05) is 39.0 Å². The first-order valence-corrected chi connectivity index (χ1v) is 14.3. The van der Waals surface area contributed by atoms with Gasteiger partial charge in [0.15, 0.2) is 14.1 Å². The van der Waals surface area contributed by atoms with Crippen molar-refractivity contribution in [3.05, 3.63) is 52.5 Å². The molecule has 28 heavy (non-hydrogen) atoms. The van der Waals surface area contributed by atoms with Crippen LogP contribution in [0.25, 0.3) is 0 Å². The second-order valence-corrected chi connectivity index (χ2v) is 15.9. The van der Waals surface area contributed by atoms with Gasteiger partial charge in [0.05, 0.1) is 15.9 Å². The fraction of sp³-hybridized carbons (Fsp3) is 0.500. The number of hydrogen-bond donors (Lipinski definition) is 0. The summed E-state index contributed by atoms with van der Waals surface area (Å²) in [4.78, 5) is 12.7. The van der Waals surface area contributed by atoms with Crippen molar-refractivity contribution in [2.45, 2.75) is 75.6 Å². The molecule has 0 fully saturated rings. The molecule has 0 amide bonds. The second-order valence-electron chi connectivity index (χ2n) is 9.23. The molecule has 0 bridgehead atoms. The van der Waals surface area contributed by atoms with Gasteiger partial charge in [-0.15, -0.1) is 0 Å². The van der Waals surface area contributed by atoms with Gasteiger partial charge in [0, 0.05) is 6.42 Å². The van der Waals surface area contributed by atoms with E-state index in [-0.39, 0.29) is 22.1 Å². The number of carbonyl (C=O) groups is 1. The van der Waals surface area contributed by atoms with Gasteiger partial charge in [0.25, 0.3) is 0 Å². The second kappa shape index (κ2) is 7.39. The Labute approximate surface area is 169 Å². The molecule has 0 radical (unpaired) electrons. The first kappa shape index (κ1) is 21.2. The highest BCUT2D eigenvalue weighted by Crippen LogP contribution is 2.44. The van der Waals surface area contributed by atoms with Gasteiger partial charge in [-0.2, -0.15) is 0 Å². The zero-order valence-electron chi connectivity index (χ0n) is 17.4. The molecule has 2 aliphatic rings. The van der Waals surface area contributed by atoms with E-state index in [1.54, 1.807) is 36.4 Å². The van der Waals surface area contributed by atoms with Gasteiger partial charge in [0.1, 0.15) is 0 Å². The van der Waals surface area contributed by atoms with E-state index in [2.05, 4.69) is 33.9 Å². The Hall–Kier alpha value is -1.50. The van der Waals surface area contributed by atoms with Crippen molar-refractivity contribution >= 4 is 23.9 Å². The van der Waals surface area contributed by atoms with Gasteiger partial charge < -0.3 is 4.43 Å². The third-order valence-corrected chi connectivity index (χ3v) is 12.6. The van der Waals surface area contributed by atoms with Crippen molar-refractivity contribution in [3.63, 3.8) is 0 Å². The number of benzene rings is 1. The molecule has 2 aliphatic carbocycles. The molecule has 6 heteroatoms. The SMILES string of the molecule is CC(C)(C)[Si](C)(C)OC1CCCC2=CC(=O)CC2=C1S(=O)(=O)c1ccccc1. The number of carbonyl (C=O) groups excluding carboxylic acids is 1. The van der Waals surface area contributed by atoms with Crippen LogP contribution in [0.1, 0.15) is 46.5 Å². The normalized spacial score (nSPS) is 21.4. The van der Waals surface area contributed by atoms with Crippen LogP contribution in [0.15, 0.2) is 57.4 Å². The van der Waals surface area contributed by atoms with Crippen molar-refractivity contribution in [3.8, 4) is 0 Å². The van der Waals surface area contributed by atoms with E-state index < -0.39 is 24.3 Å². The molecule has 152 valence electrons. The van der Waals surface area contributed by atoms with Crippen molar-refractivity contribution in [2.75, 3.05) is 0 Å². The lowest BCUT2D eigenvalue weighted by atomic mass is 10.1. The summed E-state index contributed by atoms with van der Waals surface area (Å²) in [7, 11) is -5.95. The molecule has 1 aromatic rings. The van der Waals surface area contributed by atoms with Crippen LogP contribution < -0.4 is 0 Å². The Kier molecular flexibility index (Phi) is 5.60.